The maximum Gasteiger partial charge on any atom is 0.338 e. The molecule has 6 nitrogen and oxygen atoms in total. The second-order valence-corrected chi connectivity index (χ2v) is 5.88. The Kier molecular flexibility index (Phi) is 8.16. The van der Waals surface area contributed by atoms with Crippen LogP contribution in [0.4, 0.5) is 0 Å². The van der Waals surface area contributed by atoms with Crippen LogP contribution in [-0.2, 0) is 16.0 Å². The first-order valence-electron chi connectivity index (χ1n) is 8.92. The molecule has 0 saturated carbocycles. The van der Waals surface area contributed by atoms with Crippen molar-refractivity contribution in [2.24, 2.45) is 0 Å². The lowest BCUT2D eigenvalue weighted by Gasteiger charge is -2.11. The van der Waals surface area contributed by atoms with E-state index >= 15 is 0 Å². The Labute approximate surface area is 159 Å². The lowest BCUT2D eigenvalue weighted by atomic mass is 10.1. The second kappa shape index (κ2) is 10.9. The van der Waals surface area contributed by atoms with E-state index in [1.807, 2.05) is 37.3 Å². The van der Waals surface area contributed by atoms with Crippen LogP contribution >= 0.6 is 0 Å². The molecule has 0 atom stereocenters. The van der Waals surface area contributed by atoms with Gasteiger partial charge < -0.3 is 19.5 Å². The molecule has 0 aliphatic heterocycles. The first kappa shape index (κ1) is 20.3. The van der Waals surface area contributed by atoms with Gasteiger partial charge in [-0.15, -0.1) is 0 Å². The van der Waals surface area contributed by atoms with E-state index in [-0.39, 0.29) is 12.5 Å². The number of hydrogen-bond acceptors (Lipinski definition) is 5. The van der Waals surface area contributed by atoms with Crippen LogP contribution in [0.15, 0.2) is 48.5 Å². The average Bonchev–Trinajstić information content (AvgIpc) is 2.71. The number of hydrogen-bond donors (Lipinski definition) is 1. The maximum atomic E-state index is 12.1. The molecule has 27 heavy (non-hydrogen) atoms. The number of carbonyl (C=O) groups is 2. The largest absolute Gasteiger partial charge is 0.493 e. The van der Waals surface area contributed by atoms with E-state index in [4.69, 9.17) is 14.2 Å². The standard InChI is InChI=1S/C21H25NO5/c1-3-13-26-18-10-9-17(14-19(18)25-2)21(24)27-15-20(23)22-12-11-16-7-5-4-6-8-16/h4-10,14H,3,11-13,15H2,1-2H3,(H,22,23). The van der Waals surface area contributed by atoms with Gasteiger partial charge in [0, 0.05) is 6.54 Å². The molecule has 0 radical (unpaired) electrons. The predicted octanol–water partition coefficient (Wildman–Crippen LogP) is 3.00. The van der Waals surface area contributed by atoms with Gasteiger partial charge in [-0.25, -0.2) is 4.79 Å². The lowest BCUT2D eigenvalue weighted by Crippen LogP contribution is -2.30. The summed E-state index contributed by atoms with van der Waals surface area (Å²) in [6.45, 7) is 2.72. The number of nitrogens with one attached hydrogen (secondary N) is 1. The highest BCUT2D eigenvalue weighted by molar-refractivity contribution is 5.92. The Morgan fingerprint density at radius 2 is 1.81 bits per heavy atom. The van der Waals surface area contributed by atoms with Crippen LogP contribution in [0.2, 0.25) is 0 Å². The van der Waals surface area contributed by atoms with E-state index in [1.165, 1.54) is 7.11 Å². The predicted molar refractivity (Wildman–Crippen MR) is 102 cm³/mol. The summed E-state index contributed by atoms with van der Waals surface area (Å²) in [5, 5.41) is 2.73. The highest BCUT2D eigenvalue weighted by Crippen LogP contribution is 2.28. The summed E-state index contributed by atoms with van der Waals surface area (Å²) in [6, 6.07) is 14.6. The Morgan fingerprint density at radius 1 is 1.04 bits per heavy atom. The third-order valence-electron chi connectivity index (χ3n) is 3.77. The van der Waals surface area contributed by atoms with Crippen LogP contribution in [0.1, 0.15) is 29.3 Å². The summed E-state index contributed by atoms with van der Waals surface area (Å²) in [6.07, 6.45) is 1.59. The molecule has 0 bridgehead atoms. The summed E-state index contributed by atoms with van der Waals surface area (Å²) in [5.41, 5.74) is 1.43. The van der Waals surface area contributed by atoms with Gasteiger partial charge >= 0.3 is 5.97 Å². The SMILES string of the molecule is CCCOc1ccc(C(=O)OCC(=O)NCCc2ccccc2)cc1OC. The normalized spacial score (nSPS) is 10.1. The third kappa shape index (κ3) is 6.66. The maximum absolute atomic E-state index is 12.1. The summed E-state index contributed by atoms with van der Waals surface area (Å²) < 4.78 is 15.9. The molecule has 0 aliphatic rings. The van der Waals surface area contributed by atoms with Gasteiger partial charge in [0.1, 0.15) is 0 Å². The molecule has 6 heteroatoms. The van der Waals surface area contributed by atoms with Crippen molar-refractivity contribution in [1.29, 1.82) is 0 Å². The van der Waals surface area contributed by atoms with Gasteiger partial charge in [-0.05, 0) is 36.6 Å². The fourth-order valence-electron chi connectivity index (χ4n) is 2.38. The summed E-state index contributed by atoms with van der Waals surface area (Å²) >= 11 is 0. The summed E-state index contributed by atoms with van der Waals surface area (Å²) in [7, 11) is 1.50. The summed E-state index contributed by atoms with van der Waals surface area (Å²) in [4.78, 5) is 24.0. The van der Waals surface area contributed by atoms with Crippen LogP contribution < -0.4 is 14.8 Å². The van der Waals surface area contributed by atoms with Crippen LogP contribution in [0, 0.1) is 0 Å². The molecule has 0 saturated heterocycles. The van der Waals surface area contributed by atoms with Crippen LogP contribution in [0.5, 0.6) is 11.5 Å². The van der Waals surface area contributed by atoms with Crippen molar-refractivity contribution >= 4 is 11.9 Å². The number of esters is 1. The molecule has 0 aromatic heterocycles. The topological polar surface area (TPSA) is 73.9 Å². The van der Waals surface area contributed by atoms with E-state index < -0.39 is 5.97 Å². The Bertz CT molecular complexity index is 745. The van der Waals surface area contributed by atoms with E-state index in [1.54, 1.807) is 18.2 Å². The molecule has 0 unspecified atom stereocenters. The number of amides is 1. The van der Waals surface area contributed by atoms with Crippen LogP contribution in [0.3, 0.4) is 0 Å². The Hall–Kier alpha value is -3.02. The smallest absolute Gasteiger partial charge is 0.338 e. The van der Waals surface area contributed by atoms with Crippen molar-refractivity contribution in [3.63, 3.8) is 0 Å². The minimum Gasteiger partial charge on any atom is -0.493 e. The van der Waals surface area contributed by atoms with E-state index in [2.05, 4.69) is 5.32 Å². The van der Waals surface area contributed by atoms with Crippen molar-refractivity contribution < 1.29 is 23.8 Å². The summed E-state index contributed by atoms with van der Waals surface area (Å²) in [5.74, 6) is 0.0856. The quantitative estimate of drug-likeness (QED) is 0.650. The third-order valence-corrected chi connectivity index (χ3v) is 3.77. The van der Waals surface area contributed by atoms with Gasteiger partial charge in [0.15, 0.2) is 18.1 Å². The van der Waals surface area contributed by atoms with Gasteiger partial charge in [0.25, 0.3) is 5.91 Å². The van der Waals surface area contributed by atoms with Crippen LogP contribution in [-0.4, -0.2) is 38.7 Å². The number of benzene rings is 2. The van der Waals surface area contributed by atoms with Crippen molar-refractivity contribution in [3.8, 4) is 11.5 Å². The fourth-order valence-corrected chi connectivity index (χ4v) is 2.38. The zero-order chi connectivity index (χ0) is 19.5. The Morgan fingerprint density at radius 3 is 2.52 bits per heavy atom. The molecule has 1 amide bonds. The molecule has 2 aromatic rings. The highest BCUT2D eigenvalue weighted by atomic mass is 16.5. The second-order valence-electron chi connectivity index (χ2n) is 5.88. The van der Waals surface area contributed by atoms with E-state index in [0.717, 1.165) is 18.4 Å². The minimum atomic E-state index is -0.589. The van der Waals surface area contributed by atoms with E-state index in [9.17, 15) is 9.59 Å². The molecular formula is C21H25NO5. The highest BCUT2D eigenvalue weighted by Gasteiger charge is 2.14. The zero-order valence-electron chi connectivity index (χ0n) is 15.7. The molecule has 0 fully saturated rings. The minimum absolute atomic E-state index is 0.299. The first-order valence-corrected chi connectivity index (χ1v) is 8.92. The Balaban J connectivity index is 1.79. The molecule has 144 valence electrons. The van der Waals surface area contributed by atoms with Crippen molar-refractivity contribution in [2.45, 2.75) is 19.8 Å². The van der Waals surface area contributed by atoms with Gasteiger partial charge in [-0.3, -0.25) is 4.79 Å². The van der Waals surface area contributed by atoms with Crippen molar-refractivity contribution in [1.82, 2.24) is 5.32 Å². The lowest BCUT2D eigenvalue weighted by molar-refractivity contribution is -0.124. The zero-order valence-corrected chi connectivity index (χ0v) is 15.7. The fraction of sp³-hybridized carbons (Fsp3) is 0.333. The molecule has 0 aliphatic carbocycles. The monoisotopic (exact) mass is 371 g/mol. The number of rotatable bonds is 10. The molecule has 0 heterocycles. The molecule has 1 N–H and O–H groups in total. The van der Waals surface area contributed by atoms with Gasteiger partial charge in [0.2, 0.25) is 0 Å². The van der Waals surface area contributed by atoms with E-state index in [0.29, 0.717) is 30.2 Å². The van der Waals surface area contributed by atoms with Gasteiger partial charge in [0.05, 0.1) is 19.3 Å². The van der Waals surface area contributed by atoms with Crippen molar-refractivity contribution in [2.75, 3.05) is 26.9 Å². The van der Waals surface area contributed by atoms with Crippen LogP contribution in [0.25, 0.3) is 0 Å². The molecular weight excluding hydrogens is 346 g/mol. The molecule has 2 rings (SSSR count). The van der Waals surface area contributed by atoms with Crippen molar-refractivity contribution in [3.05, 3.63) is 59.7 Å². The van der Waals surface area contributed by atoms with Gasteiger partial charge in [-0.1, -0.05) is 37.3 Å². The number of methoxy groups -OCH3 is 1. The molecule has 2 aromatic carbocycles. The number of carbonyl (C=O) groups excluding carboxylic acids is 2. The van der Waals surface area contributed by atoms with Gasteiger partial charge in [-0.2, -0.15) is 0 Å². The first-order chi connectivity index (χ1) is 13.1. The molecule has 0 spiro atoms. The number of ether oxygens (including phenoxy) is 3. The average molecular weight is 371 g/mol.